The molecule has 1 heterocycles. The van der Waals surface area contributed by atoms with Gasteiger partial charge in [-0.25, -0.2) is 4.79 Å². The first-order valence-electron chi connectivity index (χ1n) is 9.07. The molecule has 0 aliphatic carbocycles. The number of amides is 1. The molecule has 0 radical (unpaired) electrons. The molecule has 0 spiro atoms. The number of hydrogen-bond donors (Lipinski definition) is 0. The second-order valence-electron chi connectivity index (χ2n) is 6.29. The molecular weight excluding hydrogens is 344 g/mol. The smallest absolute Gasteiger partial charge is 0.339 e. The summed E-state index contributed by atoms with van der Waals surface area (Å²) < 4.78 is 10.5. The number of ether oxygens (including phenoxy) is 2. The van der Waals surface area contributed by atoms with Crippen LogP contribution in [0.1, 0.15) is 16.8 Å². The molecule has 0 saturated carbocycles. The molecule has 0 unspecified atom stereocenters. The quantitative estimate of drug-likeness (QED) is 0.734. The Kier molecular flexibility index (Phi) is 6.30. The summed E-state index contributed by atoms with van der Waals surface area (Å²) in [4.78, 5) is 28.3. The highest BCUT2D eigenvalue weighted by Crippen LogP contribution is 2.22. The second kappa shape index (κ2) is 9.07. The minimum Gasteiger partial charge on any atom is -0.493 e. The maximum atomic E-state index is 12.4. The minimum atomic E-state index is -0.345. The Hall–Kier alpha value is -3.02. The molecule has 0 bridgehead atoms. The molecule has 6 nitrogen and oxygen atoms in total. The molecule has 142 valence electrons. The van der Waals surface area contributed by atoms with Crippen LogP contribution in [-0.4, -0.2) is 56.7 Å². The first-order valence-corrected chi connectivity index (χ1v) is 9.07. The first-order chi connectivity index (χ1) is 13.2. The van der Waals surface area contributed by atoms with Crippen molar-refractivity contribution in [3.8, 4) is 5.75 Å². The van der Waals surface area contributed by atoms with Crippen molar-refractivity contribution in [1.82, 2.24) is 4.90 Å². The Balaban J connectivity index is 1.50. The van der Waals surface area contributed by atoms with Crippen LogP contribution in [0.2, 0.25) is 0 Å². The number of anilines is 1. The maximum absolute atomic E-state index is 12.4. The van der Waals surface area contributed by atoms with Gasteiger partial charge in [0.1, 0.15) is 5.75 Å². The topological polar surface area (TPSA) is 59.1 Å². The van der Waals surface area contributed by atoms with Crippen molar-refractivity contribution >= 4 is 17.6 Å². The Morgan fingerprint density at radius 1 is 0.926 bits per heavy atom. The zero-order valence-electron chi connectivity index (χ0n) is 15.5. The standard InChI is InChI=1S/C21H24N2O4/c1-26-21(25)18-9-5-6-10-19(18)22-12-14-23(15-13-22)20(24)11-16-27-17-7-3-2-4-8-17/h2-10H,11-16H2,1H3. The Bertz CT molecular complexity index is 771. The molecule has 0 N–H and O–H groups in total. The van der Waals surface area contributed by atoms with Gasteiger partial charge in [0.05, 0.1) is 31.4 Å². The van der Waals surface area contributed by atoms with E-state index in [1.165, 1.54) is 7.11 Å². The number of nitrogens with zero attached hydrogens (tertiary/aromatic N) is 2. The van der Waals surface area contributed by atoms with Crippen LogP contribution in [0.25, 0.3) is 0 Å². The van der Waals surface area contributed by atoms with E-state index in [1.807, 2.05) is 53.4 Å². The van der Waals surface area contributed by atoms with E-state index in [0.29, 0.717) is 44.8 Å². The fraction of sp³-hybridized carbons (Fsp3) is 0.333. The van der Waals surface area contributed by atoms with Gasteiger partial charge in [-0.1, -0.05) is 30.3 Å². The molecule has 0 atom stereocenters. The SMILES string of the molecule is COC(=O)c1ccccc1N1CCN(C(=O)CCOc2ccccc2)CC1. The van der Waals surface area contributed by atoms with Crippen molar-refractivity contribution in [3.05, 3.63) is 60.2 Å². The Morgan fingerprint density at radius 3 is 2.30 bits per heavy atom. The molecule has 6 heteroatoms. The summed E-state index contributed by atoms with van der Waals surface area (Å²) in [6.07, 6.45) is 0.355. The molecule has 1 aliphatic rings. The van der Waals surface area contributed by atoms with E-state index in [9.17, 15) is 9.59 Å². The van der Waals surface area contributed by atoms with Crippen molar-refractivity contribution in [2.45, 2.75) is 6.42 Å². The predicted molar refractivity (Wildman–Crippen MR) is 103 cm³/mol. The Labute approximate surface area is 159 Å². The highest BCUT2D eigenvalue weighted by Gasteiger charge is 2.24. The average molecular weight is 368 g/mol. The molecule has 0 aromatic heterocycles. The molecule has 1 saturated heterocycles. The molecule has 1 fully saturated rings. The molecule has 1 amide bonds. The third kappa shape index (κ3) is 4.78. The van der Waals surface area contributed by atoms with Gasteiger partial charge in [0.25, 0.3) is 0 Å². The number of rotatable bonds is 6. The molecule has 1 aliphatic heterocycles. The van der Waals surface area contributed by atoms with Gasteiger partial charge in [-0.2, -0.15) is 0 Å². The molecule has 2 aromatic carbocycles. The van der Waals surface area contributed by atoms with Crippen molar-refractivity contribution in [3.63, 3.8) is 0 Å². The summed E-state index contributed by atoms with van der Waals surface area (Å²) >= 11 is 0. The lowest BCUT2D eigenvalue weighted by molar-refractivity contribution is -0.132. The van der Waals surface area contributed by atoms with Gasteiger partial charge in [0.2, 0.25) is 5.91 Å². The summed E-state index contributed by atoms with van der Waals surface area (Å²) in [7, 11) is 1.38. The summed E-state index contributed by atoms with van der Waals surface area (Å²) in [6, 6.07) is 16.9. The third-order valence-corrected chi connectivity index (χ3v) is 4.61. The number of methoxy groups -OCH3 is 1. The number of piperazine rings is 1. The van der Waals surface area contributed by atoms with Crippen LogP contribution in [0.4, 0.5) is 5.69 Å². The van der Waals surface area contributed by atoms with E-state index < -0.39 is 0 Å². The van der Waals surface area contributed by atoms with Crippen LogP contribution < -0.4 is 9.64 Å². The number of para-hydroxylation sites is 2. The lowest BCUT2D eigenvalue weighted by Crippen LogP contribution is -2.49. The van der Waals surface area contributed by atoms with Crippen molar-refractivity contribution in [2.24, 2.45) is 0 Å². The van der Waals surface area contributed by atoms with Gasteiger partial charge in [0.15, 0.2) is 0 Å². The summed E-state index contributed by atoms with van der Waals surface area (Å²) in [5, 5.41) is 0. The highest BCUT2D eigenvalue weighted by atomic mass is 16.5. The Morgan fingerprint density at radius 2 is 1.59 bits per heavy atom. The fourth-order valence-electron chi connectivity index (χ4n) is 3.16. The third-order valence-electron chi connectivity index (χ3n) is 4.61. The van der Waals surface area contributed by atoms with Gasteiger partial charge in [-0.05, 0) is 24.3 Å². The van der Waals surface area contributed by atoms with Gasteiger partial charge in [-0.15, -0.1) is 0 Å². The van der Waals surface area contributed by atoms with Crippen LogP contribution in [0, 0.1) is 0 Å². The largest absolute Gasteiger partial charge is 0.493 e. The zero-order valence-corrected chi connectivity index (χ0v) is 15.5. The van der Waals surface area contributed by atoms with E-state index >= 15 is 0 Å². The monoisotopic (exact) mass is 368 g/mol. The van der Waals surface area contributed by atoms with Crippen molar-refractivity contribution in [2.75, 3.05) is 44.8 Å². The van der Waals surface area contributed by atoms with Gasteiger partial charge in [-0.3, -0.25) is 4.79 Å². The van der Waals surface area contributed by atoms with E-state index in [-0.39, 0.29) is 11.9 Å². The van der Waals surface area contributed by atoms with E-state index in [0.717, 1.165) is 11.4 Å². The van der Waals surface area contributed by atoms with Gasteiger partial charge < -0.3 is 19.3 Å². The highest BCUT2D eigenvalue weighted by molar-refractivity contribution is 5.95. The van der Waals surface area contributed by atoms with E-state index in [1.54, 1.807) is 6.07 Å². The molecule has 2 aromatic rings. The molecular formula is C21H24N2O4. The van der Waals surface area contributed by atoms with E-state index in [4.69, 9.17) is 9.47 Å². The van der Waals surface area contributed by atoms with Crippen LogP contribution in [0.5, 0.6) is 5.75 Å². The number of hydrogen-bond acceptors (Lipinski definition) is 5. The maximum Gasteiger partial charge on any atom is 0.339 e. The second-order valence-corrected chi connectivity index (χ2v) is 6.29. The van der Waals surface area contributed by atoms with Gasteiger partial charge in [0, 0.05) is 26.2 Å². The normalized spacial score (nSPS) is 14.0. The average Bonchev–Trinajstić information content (AvgIpc) is 2.74. The van der Waals surface area contributed by atoms with Crippen LogP contribution >= 0.6 is 0 Å². The minimum absolute atomic E-state index is 0.0897. The summed E-state index contributed by atoms with van der Waals surface area (Å²) in [5.74, 6) is 0.517. The van der Waals surface area contributed by atoms with Crippen molar-refractivity contribution < 1.29 is 19.1 Å². The van der Waals surface area contributed by atoms with Crippen LogP contribution in [0.3, 0.4) is 0 Å². The number of benzene rings is 2. The molecule has 27 heavy (non-hydrogen) atoms. The van der Waals surface area contributed by atoms with Crippen LogP contribution in [0.15, 0.2) is 54.6 Å². The van der Waals surface area contributed by atoms with Gasteiger partial charge >= 0.3 is 5.97 Å². The fourth-order valence-corrected chi connectivity index (χ4v) is 3.16. The summed E-state index contributed by atoms with van der Waals surface area (Å²) in [6.45, 7) is 2.98. The predicted octanol–water partition coefficient (Wildman–Crippen LogP) is 2.59. The van der Waals surface area contributed by atoms with Crippen LogP contribution in [-0.2, 0) is 9.53 Å². The summed E-state index contributed by atoms with van der Waals surface area (Å²) in [5.41, 5.74) is 1.40. The molecule has 3 rings (SSSR count). The van der Waals surface area contributed by atoms with E-state index in [2.05, 4.69) is 4.90 Å². The van der Waals surface area contributed by atoms with Crippen molar-refractivity contribution in [1.29, 1.82) is 0 Å². The lowest BCUT2D eigenvalue weighted by Gasteiger charge is -2.36. The number of carbonyl (C=O) groups is 2. The first kappa shape index (κ1) is 18.8. The lowest BCUT2D eigenvalue weighted by atomic mass is 10.1. The zero-order chi connectivity index (χ0) is 19.1. The number of esters is 1. The number of carbonyl (C=O) groups excluding carboxylic acids is 2.